The average Bonchev–Trinajstić information content (AvgIpc) is 2.65. The molecule has 0 spiro atoms. The lowest BCUT2D eigenvalue weighted by Gasteiger charge is -2.18. The molecule has 1 aromatic heterocycles. The summed E-state index contributed by atoms with van der Waals surface area (Å²) in [5, 5.41) is 6.45. The largest absolute Gasteiger partial charge is 0.466 e. The number of amides is 1. The van der Waals surface area contributed by atoms with Gasteiger partial charge in [-0.1, -0.05) is 25.7 Å². The SMILES string of the molecule is Cc1cc(C(C)NCC(=O)NC2CCCCCC2)c(C)o1. The van der Waals surface area contributed by atoms with Crippen molar-refractivity contribution in [3.05, 3.63) is 23.2 Å². The van der Waals surface area contributed by atoms with Gasteiger partial charge in [-0.3, -0.25) is 4.79 Å². The molecule has 1 aromatic rings. The Labute approximate surface area is 127 Å². The maximum atomic E-state index is 12.1. The van der Waals surface area contributed by atoms with Crippen molar-refractivity contribution in [2.24, 2.45) is 0 Å². The maximum Gasteiger partial charge on any atom is 0.234 e. The smallest absolute Gasteiger partial charge is 0.234 e. The lowest BCUT2D eigenvalue weighted by molar-refractivity contribution is -0.121. The summed E-state index contributed by atoms with van der Waals surface area (Å²) >= 11 is 0. The van der Waals surface area contributed by atoms with Gasteiger partial charge in [0, 0.05) is 17.6 Å². The summed E-state index contributed by atoms with van der Waals surface area (Å²) in [5.41, 5.74) is 1.13. The normalized spacial score (nSPS) is 18.2. The Bertz CT molecular complexity index is 459. The van der Waals surface area contributed by atoms with Crippen LogP contribution in [0.25, 0.3) is 0 Å². The van der Waals surface area contributed by atoms with E-state index in [1.807, 2.05) is 19.9 Å². The van der Waals surface area contributed by atoms with E-state index in [2.05, 4.69) is 17.6 Å². The van der Waals surface area contributed by atoms with Gasteiger partial charge in [0.1, 0.15) is 11.5 Å². The van der Waals surface area contributed by atoms with Crippen LogP contribution >= 0.6 is 0 Å². The number of hydrogen-bond donors (Lipinski definition) is 2. The van der Waals surface area contributed by atoms with Crippen molar-refractivity contribution in [1.29, 1.82) is 0 Å². The van der Waals surface area contributed by atoms with Gasteiger partial charge in [0.2, 0.25) is 5.91 Å². The van der Waals surface area contributed by atoms with Crippen LogP contribution in [-0.4, -0.2) is 18.5 Å². The van der Waals surface area contributed by atoms with Crippen LogP contribution in [-0.2, 0) is 4.79 Å². The zero-order valence-electron chi connectivity index (χ0n) is 13.5. The Hall–Kier alpha value is -1.29. The van der Waals surface area contributed by atoms with E-state index in [-0.39, 0.29) is 11.9 Å². The van der Waals surface area contributed by atoms with Gasteiger partial charge in [-0.15, -0.1) is 0 Å². The molecule has 1 fully saturated rings. The lowest BCUT2D eigenvalue weighted by atomic mass is 10.1. The molecule has 2 N–H and O–H groups in total. The molecule has 118 valence electrons. The Morgan fingerprint density at radius 1 is 1.29 bits per heavy atom. The quantitative estimate of drug-likeness (QED) is 0.818. The van der Waals surface area contributed by atoms with E-state index in [4.69, 9.17) is 4.42 Å². The number of carbonyl (C=O) groups is 1. The van der Waals surface area contributed by atoms with Crippen molar-refractivity contribution in [3.8, 4) is 0 Å². The van der Waals surface area contributed by atoms with Crippen LogP contribution in [0.2, 0.25) is 0 Å². The summed E-state index contributed by atoms with van der Waals surface area (Å²) in [6.45, 7) is 6.34. The topological polar surface area (TPSA) is 54.3 Å². The van der Waals surface area contributed by atoms with Gasteiger partial charge in [-0.05, 0) is 39.7 Å². The first-order valence-corrected chi connectivity index (χ1v) is 8.16. The van der Waals surface area contributed by atoms with Crippen LogP contribution in [0.1, 0.15) is 68.6 Å². The van der Waals surface area contributed by atoms with Gasteiger partial charge >= 0.3 is 0 Å². The molecule has 21 heavy (non-hydrogen) atoms. The van der Waals surface area contributed by atoms with Gasteiger partial charge in [-0.25, -0.2) is 0 Å². The molecule has 0 aliphatic heterocycles. The van der Waals surface area contributed by atoms with Crippen molar-refractivity contribution in [3.63, 3.8) is 0 Å². The van der Waals surface area contributed by atoms with E-state index < -0.39 is 0 Å². The minimum absolute atomic E-state index is 0.103. The van der Waals surface area contributed by atoms with Crippen molar-refractivity contribution in [1.82, 2.24) is 10.6 Å². The third kappa shape index (κ3) is 4.88. The fourth-order valence-electron chi connectivity index (χ4n) is 3.14. The minimum Gasteiger partial charge on any atom is -0.466 e. The number of carbonyl (C=O) groups excluding carboxylic acids is 1. The Balaban J connectivity index is 1.76. The Morgan fingerprint density at radius 2 is 1.95 bits per heavy atom. The maximum absolute atomic E-state index is 12.1. The zero-order valence-corrected chi connectivity index (χ0v) is 13.5. The molecular formula is C17H28N2O2. The summed E-state index contributed by atoms with van der Waals surface area (Å²) < 4.78 is 5.54. The van der Waals surface area contributed by atoms with Crippen LogP contribution in [0, 0.1) is 13.8 Å². The Kier molecular flexibility index (Phi) is 5.85. The van der Waals surface area contributed by atoms with E-state index in [0.717, 1.165) is 29.9 Å². The molecule has 0 aromatic carbocycles. The third-order valence-corrected chi connectivity index (χ3v) is 4.33. The third-order valence-electron chi connectivity index (χ3n) is 4.33. The van der Waals surface area contributed by atoms with Gasteiger partial charge < -0.3 is 15.1 Å². The number of furan rings is 1. The first-order valence-electron chi connectivity index (χ1n) is 8.16. The van der Waals surface area contributed by atoms with E-state index in [9.17, 15) is 4.79 Å². The average molecular weight is 292 g/mol. The molecule has 1 atom stereocenters. The fourth-order valence-corrected chi connectivity index (χ4v) is 3.14. The predicted octanol–water partition coefficient (Wildman–Crippen LogP) is 3.39. The standard InChI is InChI=1S/C17H28N2O2/c1-12-10-16(14(3)21-12)13(2)18-11-17(20)19-15-8-6-4-5-7-9-15/h10,13,15,18H,4-9,11H2,1-3H3,(H,19,20). The number of hydrogen-bond acceptors (Lipinski definition) is 3. The van der Waals surface area contributed by atoms with Gasteiger partial charge in [0.15, 0.2) is 0 Å². The highest BCUT2D eigenvalue weighted by atomic mass is 16.3. The van der Waals surface area contributed by atoms with E-state index >= 15 is 0 Å². The molecule has 1 unspecified atom stereocenters. The van der Waals surface area contributed by atoms with Gasteiger partial charge in [0.05, 0.1) is 6.54 Å². The first kappa shape index (κ1) is 16.1. The molecule has 1 heterocycles. The molecule has 1 saturated carbocycles. The molecule has 1 amide bonds. The summed E-state index contributed by atoms with van der Waals surface area (Å²) in [7, 11) is 0. The molecule has 2 rings (SSSR count). The van der Waals surface area contributed by atoms with Crippen LogP contribution < -0.4 is 10.6 Å². The molecule has 4 heteroatoms. The van der Waals surface area contributed by atoms with Crippen molar-refractivity contribution >= 4 is 5.91 Å². The predicted molar refractivity (Wildman–Crippen MR) is 84.2 cm³/mol. The fraction of sp³-hybridized carbons (Fsp3) is 0.706. The van der Waals surface area contributed by atoms with Crippen LogP contribution in [0.4, 0.5) is 0 Å². The number of nitrogens with one attached hydrogen (secondary N) is 2. The summed E-state index contributed by atoms with van der Waals surface area (Å²) in [5.74, 6) is 1.95. The summed E-state index contributed by atoms with van der Waals surface area (Å²) in [6.07, 6.45) is 7.34. The molecular weight excluding hydrogens is 264 g/mol. The van der Waals surface area contributed by atoms with E-state index in [1.54, 1.807) is 0 Å². The summed E-state index contributed by atoms with van der Waals surface area (Å²) in [6, 6.07) is 2.54. The van der Waals surface area contributed by atoms with Crippen molar-refractivity contribution in [2.45, 2.75) is 71.4 Å². The highest BCUT2D eigenvalue weighted by molar-refractivity contribution is 5.78. The van der Waals surface area contributed by atoms with Crippen LogP contribution in [0.3, 0.4) is 0 Å². The number of aryl methyl sites for hydroxylation is 2. The summed E-state index contributed by atoms with van der Waals surface area (Å²) in [4.78, 5) is 12.1. The molecule has 4 nitrogen and oxygen atoms in total. The van der Waals surface area contributed by atoms with Crippen LogP contribution in [0.5, 0.6) is 0 Å². The van der Waals surface area contributed by atoms with Gasteiger partial charge in [-0.2, -0.15) is 0 Å². The molecule has 1 aliphatic carbocycles. The highest BCUT2D eigenvalue weighted by Crippen LogP contribution is 2.21. The molecule has 0 radical (unpaired) electrons. The first-order chi connectivity index (χ1) is 10.1. The second-order valence-electron chi connectivity index (χ2n) is 6.23. The second kappa shape index (κ2) is 7.64. The monoisotopic (exact) mass is 292 g/mol. The second-order valence-corrected chi connectivity index (χ2v) is 6.23. The van der Waals surface area contributed by atoms with E-state index in [1.165, 1.54) is 25.7 Å². The highest BCUT2D eigenvalue weighted by Gasteiger charge is 2.16. The van der Waals surface area contributed by atoms with Crippen molar-refractivity contribution < 1.29 is 9.21 Å². The van der Waals surface area contributed by atoms with Gasteiger partial charge in [0.25, 0.3) is 0 Å². The lowest BCUT2D eigenvalue weighted by Crippen LogP contribution is -2.40. The van der Waals surface area contributed by atoms with E-state index in [0.29, 0.717) is 12.6 Å². The number of rotatable bonds is 5. The van der Waals surface area contributed by atoms with Crippen LogP contribution in [0.15, 0.2) is 10.5 Å². The van der Waals surface area contributed by atoms with Crippen molar-refractivity contribution in [2.75, 3.05) is 6.54 Å². The minimum atomic E-state index is 0.103. The molecule has 0 saturated heterocycles. The molecule has 0 bridgehead atoms. The molecule has 1 aliphatic rings. The Morgan fingerprint density at radius 3 is 2.52 bits per heavy atom. The zero-order chi connectivity index (χ0) is 15.2.